The molecular formula is C18H23FN4O3. The number of anilines is 1. The van der Waals surface area contributed by atoms with Crippen LogP contribution in [0, 0.1) is 5.82 Å². The highest BCUT2D eigenvalue weighted by Crippen LogP contribution is 2.26. The van der Waals surface area contributed by atoms with Crippen molar-refractivity contribution in [2.75, 3.05) is 51.3 Å². The van der Waals surface area contributed by atoms with Gasteiger partial charge in [0, 0.05) is 39.3 Å². The Morgan fingerprint density at radius 3 is 2.92 bits per heavy atom. The molecule has 1 aromatic carbocycles. The molecule has 7 nitrogen and oxygen atoms in total. The van der Waals surface area contributed by atoms with Gasteiger partial charge in [-0.1, -0.05) is 0 Å². The quantitative estimate of drug-likeness (QED) is 0.821. The van der Waals surface area contributed by atoms with Crippen molar-refractivity contribution in [1.29, 1.82) is 0 Å². The van der Waals surface area contributed by atoms with E-state index in [4.69, 9.17) is 9.15 Å². The maximum Gasteiger partial charge on any atom is 0.320 e. The highest BCUT2D eigenvalue weighted by molar-refractivity contribution is 5.75. The number of nitrogens with zero attached hydrogens (tertiary/aromatic N) is 4. The number of amides is 2. The summed E-state index contributed by atoms with van der Waals surface area (Å²) in [6, 6.07) is 4.96. The Morgan fingerprint density at radius 2 is 2.12 bits per heavy atom. The molecule has 26 heavy (non-hydrogen) atoms. The van der Waals surface area contributed by atoms with Crippen molar-refractivity contribution in [3.05, 3.63) is 24.0 Å². The number of ether oxygens (including phenoxy) is 1. The van der Waals surface area contributed by atoms with Gasteiger partial charge < -0.3 is 23.9 Å². The molecule has 0 bridgehead atoms. The summed E-state index contributed by atoms with van der Waals surface area (Å²) in [6.45, 7) is 3.92. The standard InChI is InChI=1S/C18H23FN4O3/c1-21(18(24)22-7-9-25-10-8-22)14-3-2-6-23(12-14)17-20-15-5-4-13(19)11-16(15)26-17/h4-5,11,14H,2-3,6-10,12H2,1H3. The summed E-state index contributed by atoms with van der Waals surface area (Å²) < 4.78 is 24.4. The molecule has 2 amide bonds. The van der Waals surface area contributed by atoms with Gasteiger partial charge in [0.25, 0.3) is 6.01 Å². The van der Waals surface area contributed by atoms with Crippen LogP contribution in [-0.4, -0.2) is 73.3 Å². The lowest BCUT2D eigenvalue weighted by Gasteiger charge is -2.39. The molecule has 8 heteroatoms. The summed E-state index contributed by atoms with van der Waals surface area (Å²) in [7, 11) is 1.85. The molecule has 0 radical (unpaired) electrons. The molecule has 2 saturated heterocycles. The number of piperidine rings is 1. The van der Waals surface area contributed by atoms with Gasteiger partial charge in [-0.3, -0.25) is 0 Å². The topological polar surface area (TPSA) is 62.1 Å². The number of oxazole rings is 1. The van der Waals surface area contributed by atoms with Crippen LogP contribution in [0.4, 0.5) is 15.2 Å². The number of carbonyl (C=O) groups is 1. The number of morpholine rings is 1. The molecule has 0 spiro atoms. The monoisotopic (exact) mass is 362 g/mol. The van der Waals surface area contributed by atoms with Crippen LogP contribution in [0.2, 0.25) is 0 Å². The minimum absolute atomic E-state index is 0.0415. The lowest BCUT2D eigenvalue weighted by molar-refractivity contribution is 0.0413. The normalized spacial score (nSPS) is 21.2. The smallest absolute Gasteiger partial charge is 0.320 e. The summed E-state index contributed by atoms with van der Waals surface area (Å²) in [5.74, 6) is -0.340. The third-order valence-corrected chi connectivity index (χ3v) is 5.14. The first kappa shape index (κ1) is 17.1. The van der Waals surface area contributed by atoms with Crippen LogP contribution < -0.4 is 4.90 Å². The van der Waals surface area contributed by atoms with Crippen molar-refractivity contribution in [1.82, 2.24) is 14.8 Å². The van der Waals surface area contributed by atoms with Gasteiger partial charge in [0.1, 0.15) is 11.3 Å². The minimum atomic E-state index is -0.340. The number of hydrogen-bond donors (Lipinski definition) is 0. The Kier molecular flexibility index (Phi) is 4.67. The van der Waals surface area contributed by atoms with Gasteiger partial charge in [-0.15, -0.1) is 0 Å². The highest BCUT2D eigenvalue weighted by Gasteiger charge is 2.31. The number of fused-ring (bicyclic) bond motifs is 1. The van der Waals surface area contributed by atoms with Crippen LogP contribution in [0.1, 0.15) is 12.8 Å². The van der Waals surface area contributed by atoms with E-state index in [1.807, 2.05) is 21.7 Å². The second kappa shape index (κ2) is 7.11. The van der Waals surface area contributed by atoms with Crippen LogP contribution in [-0.2, 0) is 4.74 Å². The van der Waals surface area contributed by atoms with Crippen LogP contribution in [0.25, 0.3) is 11.1 Å². The first-order valence-corrected chi connectivity index (χ1v) is 9.02. The molecule has 1 aromatic heterocycles. The second-order valence-corrected chi connectivity index (χ2v) is 6.84. The SMILES string of the molecule is CN(C(=O)N1CCOCC1)C1CCCN(c2nc3ccc(F)cc3o2)C1. The van der Waals surface area contributed by atoms with Crippen LogP contribution in [0.3, 0.4) is 0 Å². The summed E-state index contributed by atoms with van der Waals surface area (Å²) in [4.78, 5) is 22.9. The molecule has 1 atom stereocenters. The molecule has 2 aliphatic heterocycles. The van der Waals surface area contributed by atoms with E-state index in [2.05, 4.69) is 4.98 Å². The van der Waals surface area contributed by atoms with Crippen LogP contribution in [0.5, 0.6) is 0 Å². The number of likely N-dealkylation sites (N-methyl/N-ethyl adjacent to an activating group) is 1. The molecule has 2 aliphatic rings. The zero-order valence-corrected chi connectivity index (χ0v) is 14.9. The Hall–Kier alpha value is -2.35. The van der Waals surface area contributed by atoms with Gasteiger partial charge in [0.05, 0.1) is 19.3 Å². The predicted octanol–water partition coefficient (Wildman–Crippen LogP) is 2.32. The molecule has 140 valence electrons. The van der Waals surface area contributed by atoms with E-state index in [9.17, 15) is 9.18 Å². The highest BCUT2D eigenvalue weighted by atomic mass is 19.1. The Morgan fingerprint density at radius 1 is 1.31 bits per heavy atom. The number of aromatic nitrogens is 1. The predicted molar refractivity (Wildman–Crippen MR) is 94.8 cm³/mol. The molecule has 0 N–H and O–H groups in total. The summed E-state index contributed by atoms with van der Waals surface area (Å²) in [6.07, 6.45) is 1.89. The van der Waals surface area contributed by atoms with Crippen molar-refractivity contribution < 1.29 is 18.3 Å². The first-order chi connectivity index (χ1) is 12.6. The molecule has 2 aromatic rings. The van der Waals surface area contributed by atoms with Crippen molar-refractivity contribution >= 4 is 23.1 Å². The van der Waals surface area contributed by atoms with Gasteiger partial charge in [0.2, 0.25) is 0 Å². The van der Waals surface area contributed by atoms with Gasteiger partial charge in [-0.2, -0.15) is 4.98 Å². The molecule has 3 heterocycles. The molecule has 4 rings (SSSR count). The van der Waals surface area contributed by atoms with Crippen molar-refractivity contribution in [2.24, 2.45) is 0 Å². The minimum Gasteiger partial charge on any atom is -0.423 e. The maximum atomic E-state index is 13.4. The fraction of sp³-hybridized carbons (Fsp3) is 0.556. The van der Waals surface area contributed by atoms with Crippen molar-refractivity contribution in [2.45, 2.75) is 18.9 Å². The number of urea groups is 1. The molecule has 0 aliphatic carbocycles. The van der Waals surface area contributed by atoms with Gasteiger partial charge in [0.15, 0.2) is 5.58 Å². The molecule has 1 unspecified atom stereocenters. The zero-order valence-electron chi connectivity index (χ0n) is 14.9. The Bertz CT molecular complexity index is 790. The number of benzene rings is 1. The third kappa shape index (κ3) is 3.33. The molecule has 2 fully saturated rings. The first-order valence-electron chi connectivity index (χ1n) is 9.02. The number of carbonyl (C=O) groups excluding carboxylic acids is 1. The van der Waals surface area contributed by atoms with Gasteiger partial charge in [-0.25, -0.2) is 9.18 Å². The van der Waals surface area contributed by atoms with E-state index >= 15 is 0 Å². The largest absolute Gasteiger partial charge is 0.423 e. The molecule has 0 saturated carbocycles. The van der Waals surface area contributed by atoms with Crippen LogP contribution >= 0.6 is 0 Å². The number of halogens is 1. The average Bonchev–Trinajstić information content (AvgIpc) is 3.11. The molecular weight excluding hydrogens is 339 g/mol. The summed E-state index contributed by atoms with van der Waals surface area (Å²) in [5.41, 5.74) is 1.08. The van der Waals surface area contributed by atoms with E-state index in [-0.39, 0.29) is 17.9 Å². The van der Waals surface area contributed by atoms with Crippen LogP contribution in [0.15, 0.2) is 22.6 Å². The van der Waals surface area contributed by atoms with E-state index in [1.165, 1.54) is 12.1 Å². The lowest BCUT2D eigenvalue weighted by Crippen LogP contribution is -2.54. The fourth-order valence-corrected chi connectivity index (χ4v) is 3.60. The lowest BCUT2D eigenvalue weighted by atomic mass is 10.1. The van der Waals surface area contributed by atoms with E-state index in [0.717, 1.165) is 19.4 Å². The second-order valence-electron chi connectivity index (χ2n) is 6.84. The van der Waals surface area contributed by atoms with Crippen molar-refractivity contribution in [3.63, 3.8) is 0 Å². The third-order valence-electron chi connectivity index (χ3n) is 5.14. The van der Waals surface area contributed by atoms with E-state index < -0.39 is 0 Å². The van der Waals surface area contributed by atoms with Crippen molar-refractivity contribution in [3.8, 4) is 0 Å². The number of rotatable bonds is 2. The van der Waals surface area contributed by atoms with Gasteiger partial charge >= 0.3 is 6.03 Å². The van der Waals surface area contributed by atoms with E-state index in [0.29, 0.717) is 50.0 Å². The average molecular weight is 362 g/mol. The van der Waals surface area contributed by atoms with E-state index in [1.54, 1.807) is 6.07 Å². The maximum absolute atomic E-state index is 13.4. The Labute approximate surface area is 151 Å². The zero-order chi connectivity index (χ0) is 18.1. The fourth-order valence-electron chi connectivity index (χ4n) is 3.60. The summed E-state index contributed by atoms with van der Waals surface area (Å²) >= 11 is 0. The number of hydrogen-bond acceptors (Lipinski definition) is 5. The van der Waals surface area contributed by atoms with Gasteiger partial charge in [-0.05, 0) is 25.0 Å². The Balaban J connectivity index is 1.46. The summed E-state index contributed by atoms with van der Waals surface area (Å²) in [5, 5.41) is 0.